The van der Waals surface area contributed by atoms with E-state index in [1.165, 1.54) is 0 Å². The highest BCUT2D eigenvalue weighted by Crippen LogP contribution is 2.21. The van der Waals surface area contributed by atoms with Crippen LogP contribution in [-0.2, 0) is 6.42 Å². The van der Waals surface area contributed by atoms with Gasteiger partial charge in [0.15, 0.2) is 0 Å². The number of nitrogens with zero attached hydrogens (tertiary/aromatic N) is 1. The van der Waals surface area contributed by atoms with E-state index in [1.807, 2.05) is 18.2 Å². The van der Waals surface area contributed by atoms with E-state index in [9.17, 15) is 0 Å². The third-order valence-corrected chi connectivity index (χ3v) is 3.10. The fraction of sp³-hybridized carbons (Fsp3) is 0.417. The van der Waals surface area contributed by atoms with Gasteiger partial charge in [-0.15, -0.1) is 0 Å². The molecule has 16 heavy (non-hydrogen) atoms. The average Bonchev–Trinajstić information content (AvgIpc) is 2.61. The van der Waals surface area contributed by atoms with Gasteiger partial charge in [-0.2, -0.15) is 0 Å². The number of rotatable bonds is 3. The van der Waals surface area contributed by atoms with Crippen LogP contribution < -0.4 is 5.73 Å². The lowest BCUT2D eigenvalue weighted by Crippen LogP contribution is -2.29. The van der Waals surface area contributed by atoms with E-state index in [0.717, 1.165) is 23.3 Å². The second-order valence-corrected chi connectivity index (χ2v) is 4.84. The minimum absolute atomic E-state index is 0.124. The Labute approximate surface area is 100 Å². The van der Waals surface area contributed by atoms with Crippen LogP contribution in [0, 0.1) is 5.92 Å². The maximum Gasteiger partial charge on any atom is 0.108 e. The molecule has 0 bridgehead atoms. The number of hydrogen-bond donors (Lipinski definition) is 2. The fourth-order valence-electron chi connectivity index (χ4n) is 1.60. The maximum atomic E-state index is 6.06. The Morgan fingerprint density at radius 1 is 1.44 bits per heavy atom. The summed E-state index contributed by atoms with van der Waals surface area (Å²) in [6, 6.07) is 5.85. The van der Waals surface area contributed by atoms with E-state index in [-0.39, 0.29) is 6.04 Å². The van der Waals surface area contributed by atoms with Gasteiger partial charge in [0.1, 0.15) is 11.3 Å². The van der Waals surface area contributed by atoms with Gasteiger partial charge in [0, 0.05) is 12.5 Å². The van der Waals surface area contributed by atoms with Crippen LogP contribution in [0.4, 0.5) is 0 Å². The number of para-hydroxylation sites is 1. The normalized spacial score (nSPS) is 13.6. The zero-order chi connectivity index (χ0) is 11.7. The van der Waals surface area contributed by atoms with Crippen LogP contribution in [-0.4, -0.2) is 16.0 Å². The average molecular weight is 238 g/mol. The molecule has 86 valence electrons. The lowest BCUT2D eigenvalue weighted by molar-refractivity contribution is 0.483. The third kappa shape index (κ3) is 2.20. The second-order valence-electron chi connectivity index (χ2n) is 4.43. The van der Waals surface area contributed by atoms with Crippen LogP contribution in [0.2, 0.25) is 5.02 Å². The molecule has 0 amide bonds. The van der Waals surface area contributed by atoms with Gasteiger partial charge in [0.25, 0.3) is 0 Å². The number of hydrogen-bond acceptors (Lipinski definition) is 2. The highest BCUT2D eigenvalue weighted by molar-refractivity contribution is 6.34. The molecule has 0 saturated heterocycles. The number of aromatic amines is 1. The highest BCUT2D eigenvalue weighted by atomic mass is 35.5. The molecule has 0 saturated carbocycles. The van der Waals surface area contributed by atoms with Gasteiger partial charge in [-0.05, 0) is 18.1 Å². The maximum absolute atomic E-state index is 6.06. The number of aromatic nitrogens is 2. The molecular weight excluding hydrogens is 222 g/mol. The first-order valence-electron chi connectivity index (χ1n) is 5.46. The largest absolute Gasteiger partial charge is 0.342 e. The number of nitrogens with two attached hydrogens (primary N) is 1. The smallest absolute Gasteiger partial charge is 0.108 e. The number of halogens is 1. The molecule has 4 heteroatoms. The van der Waals surface area contributed by atoms with Gasteiger partial charge in [-0.3, -0.25) is 0 Å². The fourth-order valence-corrected chi connectivity index (χ4v) is 1.82. The van der Waals surface area contributed by atoms with E-state index in [2.05, 4.69) is 23.8 Å². The molecule has 1 unspecified atom stereocenters. The summed E-state index contributed by atoms with van der Waals surface area (Å²) in [5.74, 6) is 1.35. The summed E-state index contributed by atoms with van der Waals surface area (Å²) in [4.78, 5) is 7.71. The van der Waals surface area contributed by atoms with Crippen LogP contribution in [0.15, 0.2) is 18.2 Å². The molecule has 3 nitrogen and oxygen atoms in total. The van der Waals surface area contributed by atoms with Gasteiger partial charge >= 0.3 is 0 Å². The molecule has 0 spiro atoms. The molecule has 1 heterocycles. The van der Waals surface area contributed by atoms with Crippen molar-refractivity contribution < 1.29 is 0 Å². The Hall–Kier alpha value is -1.06. The van der Waals surface area contributed by atoms with Crippen LogP contribution in [0.3, 0.4) is 0 Å². The molecule has 2 rings (SSSR count). The number of imidazole rings is 1. The third-order valence-electron chi connectivity index (χ3n) is 2.80. The van der Waals surface area contributed by atoms with Gasteiger partial charge in [-0.25, -0.2) is 4.98 Å². The lowest BCUT2D eigenvalue weighted by Gasteiger charge is -2.13. The van der Waals surface area contributed by atoms with Gasteiger partial charge < -0.3 is 10.7 Å². The Bertz CT molecular complexity index is 490. The molecule has 1 atom stereocenters. The van der Waals surface area contributed by atoms with Gasteiger partial charge in [0.2, 0.25) is 0 Å². The molecule has 0 aliphatic rings. The zero-order valence-corrected chi connectivity index (χ0v) is 10.3. The lowest BCUT2D eigenvalue weighted by atomic mass is 10.0. The summed E-state index contributed by atoms with van der Waals surface area (Å²) in [5.41, 5.74) is 7.82. The molecule has 1 aromatic carbocycles. The van der Waals surface area contributed by atoms with Crippen molar-refractivity contribution in [2.45, 2.75) is 26.3 Å². The predicted octanol–water partition coefficient (Wildman–Crippen LogP) is 2.74. The first-order valence-corrected chi connectivity index (χ1v) is 5.84. The van der Waals surface area contributed by atoms with Crippen molar-refractivity contribution in [2.75, 3.05) is 0 Å². The van der Waals surface area contributed by atoms with Gasteiger partial charge in [-0.1, -0.05) is 31.5 Å². The molecule has 2 aromatic rings. The Morgan fingerprint density at radius 2 is 2.19 bits per heavy atom. The van der Waals surface area contributed by atoms with E-state index >= 15 is 0 Å². The van der Waals surface area contributed by atoms with Crippen molar-refractivity contribution >= 4 is 22.6 Å². The van der Waals surface area contributed by atoms with E-state index in [4.69, 9.17) is 17.3 Å². The monoisotopic (exact) mass is 237 g/mol. The molecular formula is C12H16ClN3. The van der Waals surface area contributed by atoms with Crippen LogP contribution in [0.5, 0.6) is 0 Å². The molecule has 0 aliphatic carbocycles. The summed E-state index contributed by atoms with van der Waals surface area (Å²) >= 11 is 6.06. The summed E-state index contributed by atoms with van der Waals surface area (Å²) in [5, 5.41) is 0.679. The second kappa shape index (κ2) is 4.44. The Balaban J connectivity index is 2.30. The van der Waals surface area contributed by atoms with E-state index < -0.39 is 0 Å². The minimum Gasteiger partial charge on any atom is -0.342 e. The zero-order valence-electron chi connectivity index (χ0n) is 9.50. The first-order chi connectivity index (χ1) is 7.58. The topological polar surface area (TPSA) is 54.7 Å². The minimum atomic E-state index is 0.124. The quantitative estimate of drug-likeness (QED) is 0.863. The van der Waals surface area contributed by atoms with Crippen LogP contribution in [0.25, 0.3) is 11.0 Å². The van der Waals surface area contributed by atoms with Crippen LogP contribution >= 0.6 is 11.6 Å². The molecule has 0 radical (unpaired) electrons. The SMILES string of the molecule is CC(C)C(N)Cc1nc2c(Cl)cccc2[nH]1. The summed E-state index contributed by atoms with van der Waals surface area (Å²) in [6.45, 7) is 4.22. The van der Waals surface area contributed by atoms with Crippen molar-refractivity contribution in [1.82, 2.24) is 9.97 Å². The van der Waals surface area contributed by atoms with Crippen molar-refractivity contribution in [3.63, 3.8) is 0 Å². The number of fused-ring (bicyclic) bond motifs is 1. The summed E-state index contributed by atoms with van der Waals surface area (Å²) in [7, 11) is 0. The van der Waals surface area contributed by atoms with Crippen molar-refractivity contribution in [3.8, 4) is 0 Å². The van der Waals surface area contributed by atoms with E-state index in [0.29, 0.717) is 10.9 Å². The summed E-state index contributed by atoms with van der Waals surface area (Å²) < 4.78 is 0. The van der Waals surface area contributed by atoms with Crippen molar-refractivity contribution in [1.29, 1.82) is 0 Å². The van der Waals surface area contributed by atoms with Gasteiger partial charge in [0.05, 0.1) is 10.5 Å². The Kier molecular flexibility index (Phi) is 3.17. The molecule has 0 aliphatic heterocycles. The standard InChI is InChI=1S/C12H16ClN3/c1-7(2)9(14)6-11-15-10-5-3-4-8(13)12(10)16-11/h3-5,7,9H,6,14H2,1-2H3,(H,15,16). The van der Waals surface area contributed by atoms with Crippen molar-refractivity contribution in [3.05, 3.63) is 29.0 Å². The molecule has 3 N–H and O–H groups in total. The van der Waals surface area contributed by atoms with E-state index in [1.54, 1.807) is 0 Å². The predicted molar refractivity (Wildman–Crippen MR) is 67.6 cm³/mol. The number of benzene rings is 1. The molecule has 1 aromatic heterocycles. The van der Waals surface area contributed by atoms with Crippen molar-refractivity contribution in [2.24, 2.45) is 11.7 Å². The van der Waals surface area contributed by atoms with Crippen LogP contribution in [0.1, 0.15) is 19.7 Å². The highest BCUT2D eigenvalue weighted by Gasteiger charge is 2.12. The summed E-state index contributed by atoms with van der Waals surface area (Å²) in [6.07, 6.45) is 0.753. The first kappa shape index (κ1) is 11.4. The Morgan fingerprint density at radius 3 is 2.81 bits per heavy atom. The number of nitrogens with one attached hydrogen (secondary N) is 1. The molecule has 0 fully saturated rings. The number of H-pyrrole nitrogens is 1.